The van der Waals surface area contributed by atoms with E-state index in [1.807, 2.05) is 6.07 Å². The van der Waals surface area contributed by atoms with Crippen molar-refractivity contribution in [3.63, 3.8) is 0 Å². The Morgan fingerprint density at radius 1 is 1.32 bits per heavy atom. The highest BCUT2D eigenvalue weighted by molar-refractivity contribution is 6.75. The van der Waals surface area contributed by atoms with Gasteiger partial charge in [-0.2, -0.15) is 0 Å². The van der Waals surface area contributed by atoms with Gasteiger partial charge in [-0.3, -0.25) is 0 Å². The second-order valence-corrected chi connectivity index (χ2v) is 11.4. The molecule has 19 heavy (non-hydrogen) atoms. The lowest BCUT2D eigenvalue weighted by atomic mass is 10.0. The Hall–Kier alpha value is -1.49. The molecule has 4 nitrogen and oxygen atoms in total. The summed E-state index contributed by atoms with van der Waals surface area (Å²) in [4.78, 5) is 10.6. The van der Waals surface area contributed by atoms with Gasteiger partial charge in [0.15, 0.2) is 11.5 Å². The van der Waals surface area contributed by atoms with E-state index >= 15 is 0 Å². The first-order valence-corrected chi connectivity index (χ1v) is 10.2. The number of carbonyl (C=O) groups is 1. The summed E-state index contributed by atoms with van der Waals surface area (Å²) in [5.74, 6) is 0.0105. The Bertz CT molecular complexity index is 463. The lowest BCUT2D eigenvalue weighted by molar-refractivity contribution is 0.143. The summed E-state index contributed by atoms with van der Waals surface area (Å²) >= 11 is 0. The third kappa shape index (κ3) is 4.59. The largest absolute Gasteiger partial charge is 0.511 e. The molecule has 0 aliphatic heterocycles. The molecule has 0 saturated heterocycles. The van der Waals surface area contributed by atoms with Crippen molar-refractivity contribution >= 4 is 14.2 Å². The van der Waals surface area contributed by atoms with Gasteiger partial charge in [0.1, 0.15) is 0 Å². The van der Waals surface area contributed by atoms with Crippen LogP contribution in [-0.4, -0.2) is 24.4 Å². The van der Waals surface area contributed by atoms with E-state index in [0.29, 0.717) is 0 Å². The van der Waals surface area contributed by atoms with Gasteiger partial charge >= 0.3 is 6.16 Å². The minimum Gasteiger partial charge on any atom is -0.504 e. The summed E-state index contributed by atoms with van der Waals surface area (Å²) in [5, 5.41) is 18.9. The Morgan fingerprint density at radius 2 is 1.95 bits per heavy atom. The number of hydrogen-bond acceptors (Lipinski definition) is 3. The van der Waals surface area contributed by atoms with Crippen molar-refractivity contribution in [3.8, 4) is 11.5 Å². The van der Waals surface area contributed by atoms with Crippen molar-refractivity contribution in [2.45, 2.75) is 45.5 Å². The molecule has 0 aromatic heterocycles. The van der Waals surface area contributed by atoms with Gasteiger partial charge in [-0.05, 0) is 29.7 Å². The summed E-state index contributed by atoms with van der Waals surface area (Å²) in [6, 6.07) is 4.20. The highest BCUT2D eigenvalue weighted by Gasteiger charge is 2.22. The maximum atomic E-state index is 10.6. The molecule has 0 spiro atoms. The zero-order chi connectivity index (χ0) is 14.6. The Morgan fingerprint density at radius 3 is 2.42 bits per heavy atom. The number of phenolic OH excluding ortho intramolecular Hbond substituents is 1. The Labute approximate surface area is 115 Å². The van der Waals surface area contributed by atoms with E-state index in [1.54, 1.807) is 0 Å². The summed E-state index contributed by atoms with van der Waals surface area (Å²) in [6.45, 7) is 8.73. The van der Waals surface area contributed by atoms with Gasteiger partial charge in [0.25, 0.3) is 0 Å². The smallest absolute Gasteiger partial charge is 0.504 e. The van der Waals surface area contributed by atoms with Crippen LogP contribution in [0.5, 0.6) is 11.5 Å². The van der Waals surface area contributed by atoms with Crippen molar-refractivity contribution in [3.05, 3.63) is 23.3 Å². The van der Waals surface area contributed by atoms with Crippen molar-refractivity contribution in [1.29, 1.82) is 0 Å². The quantitative estimate of drug-likeness (QED) is 0.489. The SMILES string of the molecule is CCCc1ccc(OC(=O)O)c(O)c1C[Si](C)(C)C. The van der Waals surface area contributed by atoms with Crippen molar-refractivity contribution < 1.29 is 19.7 Å². The van der Waals surface area contributed by atoms with Gasteiger partial charge in [-0.15, -0.1) is 0 Å². The van der Waals surface area contributed by atoms with Gasteiger partial charge in [0, 0.05) is 8.07 Å². The van der Waals surface area contributed by atoms with Gasteiger partial charge in [0.05, 0.1) is 0 Å². The van der Waals surface area contributed by atoms with Crippen LogP contribution in [0.1, 0.15) is 24.5 Å². The second kappa shape index (κ2) is 6.10. The van der Waals surface area contributed by atoms with E-state index in [1.165, 1.54) is 6.07 Å². The fourth-order valence-electron chi connectivity index (χ4n) is 2.06. The van der Waals surface area contributed by atoms with E-state index in [9.17, 15) is 9.90 Å². The van der Waals surface area contributed by atoms with Crippen LogP contribution in [-0.2, 0) is 12.5 Å². The standard InChI is InChI=1S/C14H22O4Si/c1-5-6-10-7-8-12(18-14(16)17)13(15)11(10)9-19(2,3)4/h7-8,15H,5-6,9H2,1-4H3,(H,16,17). The summed E-state index contributed by atoms with van der Waals surface area (Å²) in [7, 11) is -1.42. The third-order valence-corrected chi connectivity index (χ3v) is 4.18. The van der Waals surface area contributed by atoms with Crippen LogP contribution >= 0.6 is 0 Å². The minimum atomic E-state index is -1.42. The minimum absolute atomic E-state index is 0.0178. The van der Waals surface area contributed by atoms with Gasteiger partial charge < -0.3 is 14.9 Å². The fraction of sp³-hybridized carbons (Fsp3) is 0.500. The summed E-state index contributed by atoms with van der Waals surface area (Å²) in [5.41, 5.74) is 1.93. The maximum Gasteiger partial charge on any atom is 0.511 e. The molecule has 106 valence electrons. The van der Waals surface area contributed by atoms with Crippen LogP contribution in [0.15, 0.2) is 12.1 Å². The van der Waals surface area contributed by atoms with Crippen molar-refractivity contribution in [2.75, 3.05) is 0 Å². The molecule has 0 atom stereocenters. The third-order valence-electron chi connectivity index (χ3n) is 2.77. The van der Waals surface area contributed by atoms with Crippen molar-refractivity contribution in [1.82, 2.24) is 0 Å². The average Bonchev–Trinajstić information content (AvgIpc) is 2.25. The maximum absolute atomic E-state index is 10.6. The van der Waals surface area contributed by atoms with Crippen LogP contribution in [0.25, 0.3) is 0 Å². The number of ether oxygens (including phenoxy) is 1. The molecular weight excluding hydrogens is 260 g/mol. The topological polar surface area (TPSA) is 66.8 Å². The molecule has 1 rings (SSSR count). The predicted molar refractivity (Wildman–Crippen MR) is 77.8 cm³/mol. The van der Waals surface area contributed by atoms with Crippen LogP contribution in [0.3, 0.4) is 0 Å². The lowest BCUT2D eigenvalue weighted by Gasteiger charge is -2.20. The number of rotatable bonds is 5. The van der Waals surface area contributed by atoms with Gasteiger partial charge in [-0.25, -0.2) is 4.79 Å². The lowest BCUT2D eigenvalue weighted by Crippen LogP contribution is -2.25. The molecule has 0 aliphatic rings. The van der Waals surface area contributed by atoms with E-state index in [-0.39, 0.29) is 11.5 Å². The first kappa shape index (κ1) is 15.6. The molecule has 0 bridgehead atoms. The molecule has 1 aromatic rings. The number of phenols is 1. The molecule has 0 radical (unpaired) electrons. The molecule has 5 heteroatoms. The van der Waals surface area contributed by atoms with Crippen LogP contribution in [0, 0.1) is 0 Å². The molecule has 1 aromatic carbocycles. The Balaban J connectivity index is 3.22. The van der Waals surface area contributed by atoms with E-state index in [4.69, 9.17) is 5.11 Å². The normalized spacial score (nSPS) is 11.4. The molecule has 0 fully saturated rings. The Kier molecular flexibility index (Phi) is 5.00. The molecule has 0 unspecified atom stereocenters. The van der Waals surface area contributed by atoms with E-state index < -0.39 is 14.2 Å². The first-order valence-electron chi connectivity index (χ1n) is 6.49. The zero-order valence-corrected chi connectivity index (χ0v) is 13.0. The van der Waals surface area contributed by atoms with E-state index in [0.717, 1.165) is 30.0 Å². The monoisotopic (exact) mass is 282 g/mol. The van der Waals surface area contributed by atoms with Gasteiger partial charge in [-0.1, -0.05) is 39.1 Å². The summed E-state index contributed by atoms with van der Waals surface area (Å²) in [6.07, 6.45) is 0.454. The van der Waals surface area contributed by atoms with Crippen LogP contribution in [0.4, 0.5) is 4.79 Å². The predicted octanol–water partition coefficient (Wildman–Crippen LogP) is 3.82. The molecule has 0 heterocycles. The highest BCUT2D eigenvalue weighted by Crippen LogP contribution is 2.35. The molecule has 0 aliphatic carbocycles. The zero-order valence-electron chi connectivity index (χ0n) is 12.0. The number of hydrogen-bond donors (Lipinski definition) is 2. The van der Waals surface area contributed by atoms with Crippen LogP contribution in [0.2, 0.25) is 19.6 Å². The van der Waals surface area contributed by atoms with Crippen molar-refractivity contribution in [2.24, 2.45) is 0 Å². The second-order valence-electron chi connectivity index (χ2n) is 5.91. The average molecular weight is 282 g/mol. The highest BCUT2D eigenvalue weighted by atomic mass is 28.3. The number of benzene rings is 1. The number of aromatic hydroxyl groups is 1. The number of carboxylic acid groups (broad SMARTS) is 1. The first-order chi connectivity index (χ1) is 8.74. The van der Waals surface area contributed by atoms with Crippen LogP contribution < -0.4 is 4.74 Å². The molecular formula is C14H22O4Si. The summed E-state index contributed by atoms with van der Waals surface area (Å²) < 4.78 is 4.62. The molecule has 0 saturated carbocycles. The fourth-order valence-corrected chi connectivity index (χ4v) is 3.52. The molecule has 2 N–H and O–H groups in total. The van der Waals surface area contributed by atoms with Gasteiger partial charge in [0.2, 0.25) is 0 Å². The number of aryl methyl sites for hydroxylation is 1. The van der Waals surface area contributed by atoms with E-state index in [2.05, 4.69) is 31.3 Å². The molecule has 0 amide bonds.